The first-order chi connectivity index (χ1) is 8.74. The van der Waals surface area contributed by atoms with E-state index in [1.165, 1.54) is 6.08 Å². The summed E-state index contributed by atoms with van der Waals surface area (Å²) in [7, 11) is 0. The molecule has 0 aliphatic heterocycles. The molecule has 0 unspecified atom stereocenters. The summed E-state index contributed by atoms with van der Waals surface area (Å²) in [5.74, 6) is 0.961. The largest absolute Gasteiger partial charge is 0.487 e. The Bertz CT molecular complexity index is 488. The van der Waals surface area contributed by atoms with Crippen LogP contribution in [0.4, 0.5) is 5.69 Å². The van der Waals surface area contributed by atoms with Gasteiger partial charge in [0.1, 0.15) is 19.0 Å². The molecular weight excluding hydrogens is 230 g/mol. The minimum atomic E-state index is 0.325. The molecule has 4 nitrogen and oxygen atoms in total. The van der Waals surface area contributed by atoms with Crippen molar-refractivity contribution in [3.63, 3.8) is 0 Å². The minimum absolute atomic E-state index is 0.325. The molecule has 0 radical (unpaired) electrons. The number of hydrogen-bond acceptors (Lipinski definition) is 4. The van der Waals surface area contributed by atoms with Gasteiger partial charge in [-0.05, 0) is 18.6 Å². The van der Waals surface area contributed by atoms with Gasteiger partial charge in [0.25, 0.3) is 0 Å². The summed E-state index contributed by atoms with van der Waals surface area (Å²) in [5.41, 5.74) is 1.20. The predicted octanol–water partition coefficient (Wildman–Crippen LogP) is 3.09. The number of isocyanates is 1. The smallest absolute Gasteiger partial charge is 0.240 e. The van der Waals surface area contributed by atoms with Gasteiger partial charge < -0.3 is 9.47 Å². The van der Waals surface area contributed by atoms with E-state index in [2.05, 4.69) is 18.2 Å². The van der Waals surface area contributed by atoms with Crippen molar-refractivity contribution < 1.29 is 14.3 Å². The minimum Gasteiger partial charge on any atom is -0.487 e. The predicted molar refractivity (Wildman–Crippen MR) is 70.3 cm³/mol. The molecule has 1 rings (SSSR count). The first kappa shape index (κ1) is 13.7. The molecule has 4 heteroatoms. The lowest BCUT2D eigenvalue weighted by Gasteiger charge is -2.13. The fourth-order valence-corrected chi connectivity index (χ4v) is 1.40. The van der Waals surface area contributed by atoms with Crippen LogP contribution in [-0.4, -0.2) is 19.3 Å². The SMILES string of the molecule is C=CCOc1ccc(C)c(OCC=C)c1N=C=O. The Labute approximate surface area is 106 Å². The highest BCUT2D eigenvalue weighted by Gasteiger charge is 2.13. The third kappa shape index (κ3) is 3.34. The lowest BCUT2D eigenvalue weighted by atomic mass is 10.2. The Morgan fingerprint density at radius 3 is 2.56 bits per heavy atom. The summed E-state index contributed by atoms with van der Waals surface area (Å²) in [5, 5.41) is 0. The number of ether oxygens (including phenoxy) is 2. The van der Waals surface area contributed by atoms with Crippen LogP contribution in [-0.2, 0) is 4.79 Å². The van der Waals surface area contributed by atoms with Gasteiger partial charge in [0.2, 0.25) is 6.08 Å². The number of carbonyl (C=O) groups excluding carboxylic acids is 1. The molecule has 0 amide bonds. The van der Waals surface area contributed by atoms with E-state index in [4.69, 9.17) is 9.47 Å². The molecule has 0 aliphatic carbocycles. The highest BCUT2D eigenvalue weighted by Crippen LogP contribution is 2.39. The zero-order valence-corrected chi connectivity index (χ0v) is 10.3. The van der Waals surface area contributed by atoms with Crippen molar-refractivity contribution in [2.75, 3.05) is 13.2 Å². The molecule has 0 saturated heterocycles. The van der Waals surface area contributed by atoms with E-state index in [0.717, 1.165) is 5.56 Å². The molecular formula is C14H15NO3. The van der Waals surface area contributed by atoms with E-state index in [9.17, 15) is 4.79 Å². The van der Waals surface area contributed by atoms with E-state index in [0.29, 0.717) is 30.4 Å². The normalized spacial score (nSPS) is 9.17. The van der Waals surface area contributed by atoms with Gasteiger partial charge in [0.15, 0.2) is 11.4 Å². The number of aryl methyl sites for hydroxylation is 1. The standard InChI is InChI=1S/C14H15NO3/c1-4-8-17-12-7-6-11(3)14(18-9-5-2)13(12)15-10-16/h4-7H,1-2,8-9H2,3H3. The van der Waals surface area contributed by atoms with Crippen molar-refractivity contribution in [3.8, 4) is 11.5 Å². The first-order valence-electron chi connectivity index (χ1n) is 5.43. The second-order valence-corrected chi connectivity index (χ2v) is 3.46. The number of benzene rings is 1. The zero-order valence-electron chi connectivity index (χ0n) is 10.3. The highest BCUT2D eigenvalue weighted by atomic mass is 16.5. The van der Waals surface area contributed by atoms with E-state index >= 15 is 0 Å². The molecule has 0 bridgehead atoms. The molecule has 0 N–H and O–H groups in total. The average molecular weight is 245 g/mol. The quantitative estimate of drug-likeness (QED) is 0.421. The molecule has 0 saturated carbocycles. The third-order valence-electron chi connectivity index (χ3n) is 2.15. The average Bonchev–Trinajstić information content (AvgIpc) is 2.37. The van der Waals surface area contributed by atoms with Crippen LogP contribution in [0.25, 0.3) is 0 Å². The van der Waals surface area contributed by atoms with Gasteiger partial charge >= 0.3 is 0 Å². The van der Waals surface area contributed by atoms with Crippen LogP contribution in [0.5, 0.6) is 11.5 Å². The van der Waals surface area contributed by atoms with Gasteiger partial charge in [0, 0.05) is 0 Å². The summed E-state index contributed by atoms with van der Waals surface area (Å²) in [6.07, 6.45) is 4.73. The molecule has 1 aromatic rings. The monoisotopic (exact) mass is 245 g/mol. The van der Waals surface area contributed by atoms with Crippen LogP contribution in [0.1, 0.15) is 5.56 Å². The topological polar surface area (TPSA) is 47.9 Å². The number of aliphatic imine (C=N–C) groups is 1. The van der Waals surface area contributed by atoms with E-state index in [-0.39, 0.29) is 0 Å². The maximum absolute atomic E-state index is 10.5. The third-order valence-corrected chi connectivity index (χ3v) is 2.15. The van der Waals surface area contributed by atoms with Crippen LogP contribution in [0.3, 0.4) is 0 Å². The lowest BCUT2D eigenvalue weighted by molar-refractivity contribution is 0.346. The van der Waals surface area contributed by atoms with Gasteiger partial charge in [-0.2, -0.15) is 4.99 Å². The molecule has 0 fully saturated rings. The van der Waals surface area contributed by atoms with Gasteiger partial charge in [0.05, 0.1) is 0 Å². The summed E-state index contributed by atoms with van der Waals surface area (Å²) in [6.45, 7) is 9.65. The molecule has 0 heterocycles. The van der Waals surface area contributed by atoms with Gasteiger partial charge in [-0.1, -0.05) is 31.4 Å². The molecule has 0 aromatic heterocycles. The van der Waals surface area contributed by atoms with Gasteiger partial charge in [-0.15, -0.1) is 0 Å². The Balaban J connectivity index is 3.22. The summed E-state index contributed by atoms with van der Waals surface area (Å²) in [4.78, 5) is 14.1. The Morgan fingerprint density at radius 2 is 1.94 bits per heavy atom. The fourth-order valence-electron chi connectivity index (χ4n) is 1.40. The summed E-state index contributed by atoms with van der Waals surface area (Å²) < 4.78 is 10.9. The second kappa shape index (κ2) is 7.09. The fraction of sp³-hybridized carbons (Fsp3) is 0.214. The van der Waals surface area contributed by atoms with Crippen LogP contribution in [0.15, 0.2) is 42.4 Å². The molecule has 0 spiro atoms. The van der Waals surface area contributed by atoms with Crippen molar-refractivity contribution in [1.82, 2.24) is 0 Å². The van der Waals surface area contributed by atoms with Crippen molar-refractivity contribution in [1.29, 1.82) is 0 Å². The highest BCUT2D eigenvalue weighted by molar-refractivity contribution is 5.68. The first-order valence-corrected chi connectivity index (χ1v) is 5.43. The van der Waals surface area contributed by atoms with E-state index < -0.39 is 0 Å². The maximum Gasteiger partial charge on any atom is 0.240 e. The van der Waals surface area contributed by atoms with Crippen molar-refractivity contribution >= 4 is 11.8 Å². The molecule has 1 aromatic carbocycles. The van der Waals surface area contributed by atoms with Gasteiger partial charge in [-0.3, -0.25) is 0 Å². The number of nitrogens with zero attached hydrogens (tertiary/aromatic N) is 1. The van der Waals surface area contributed by atoms with E-state index in [1.54, 1.807) is 18.2 Å². The Morgan fingerprint density at radius 1 is 1.28 bits per heavy atom. The number of hydrogen-bond donors (Lipinski definition) is 0. The molecule has 18 heavy (non-hydrogen) atoms. The van der Waals surface area contributed by atoms with Gasteiger partial charge in [-0.25, -0.2) is 4.79 Å². The molecule has 0 atom stereocenters. The molecule has 94 valence electrons. The summed E-state index contributed by atoms with van der Waals surface area (Å²) in [6, 6.07) is 3.57. The summed E-state index contributed by atoms with van der Waals surface area (Å²) >= 11 is 0. The Kier molecular flexibility index (Phi) is 5.42. The van der Waals surface area contributed by atoms with Crippen LogP contribution < -0.4 is 9.47 Å². The number of rotatable bonds is 7. The van der Waals surface area contributed by atoms with Crippen molar-refractivity contribution in [2.24, 2.45) is 4.99 Å². The van der Waals surface area contributed by atoms with Crippen LogP contribution in [0, 0.1) is 6.92 Å². The zero-order chi connectivity index (χ0) is 13.4. The maximum atomic E-state index is 10.5. The van der Waals surface area contributed by atoms with E-state index in [1.807, 2.05) is 13.0 Å². The van der Waals surface area contributed by atoms with Crippen LogP contribution >= 0.6 is 0 Å². The van der Waals surface area contributed by atoms with Crippen molar-refractivity contribution in [3.05, 3.63) is 43.0 Å². The molecule has 0 aliphatic rings. The van der Waals surface area contributed by atoms with Crippen LogP contribution in [0.2, 0.25) is 0 Å². The lowest BCUT2D eigenvalue weighted by Crippen LogP contribution is -1.99. The second-order valence-electron chi connectivity index (χ2n) is 3.46. The Hall–Kier alpha value is -2.32. The van der Waals surface area contributed by atoms with Crippen molar-refractivity contribution in [2.45, 2.75) is 6.92 Å².